The van der Waals surface area contributed by atoms with Crippen molar-refractivity contribution in [2.24, 2.45) is 5.92 Å². The van der Waals surface area contributed by atoms with Crippen LogP contribution < -0.4 is 10.2 Å². The molecule has 110 valence electrons. The van der Waals surface area contributed by atoms with Crippen LogP contribution in [0.3, 0.4) is 0 Å². The molecule has 1 amide bonds. The monoisotopic (exact) mass is 303 g/mol. The molecule has 3 heterocycles. The minimum atomic E-state index is -0.0363. The van der Waals surface area contributed by atoms with Gasteiger partial charge in [-0.25, -0.2) is 4.98 Å². The number of carbonyl (C=O) groups is 1. The number of thiazole rings is 1. The number of aryl methyl sites for hydroxylation is 1. The summed E-state index contributed by atoms with van der Waals surface area (Å²) in [5, 5.41) is 13.7. The topological polar surface area (TPSA) is 71.0 Å². The highest BCUT2D eigenvalue weighted by Gasteiger charge is 2.27. The molecular formula is C14H17N5OS. The SMILES string of the molecule is Cc1ccc(N2CCCC(C(=O)Nc3nccs3)C2)nn1. The van der Waals surface area contributed by atoms with Gasteiger partial charge in [-0.15, -0.1) is 16.4 Å². The zero-order chi connectivity index (χ0) is 14.7. The number of hydrogen-bond acceptors (Lipinski definition) is 6. The van der Waals surface area contributed by atoms with Gasteiger partial charge in [-0.2, -0.15) is 5.10 Å². The zero-order valence-corrected chi connectivity index (χ0v) is 12.6. The fourth-order valence-electron chi connectivity index (χ4n) is 2.45. The average molecular weight is 303 g/mol. The van der Waals surface area contributed by atoms with Gasteiger partial charge in [-0.1, -0.05) is 0 Å². The van der Waals surface area contributed by atoms with Gasteiger partial charge in [0.1, 0.15) is 0 Å². The van der Waals surface area contributed by atoms with Crippen molar-refractivity contribution >= 4 is 28.2 Å². The van der Waals surface area contributed by atoms with E-state index in [-0.39, 0.29) is 11.8 Å². The predicted molar refractivity (Wildman–Crippen MR) is 82.4 cm³/mol. The van der Waals surface area contributed by atoms with Gasteiger partial charge in [0.15, 0.2) is 10.9 Å². The smallest absolute Gasteiger partial charge is 0.231 e. The second-order valence-electron chi connectivity index (χ2n) is 5.14. The maximum absolute atomic E-state index is 12.3. The second kappa shape index (κ2) is 6.17. The quantitative estimate of drug-likeness (QED) is 0.940. The molecule has 1 aliphatic heterocycles. The Bertz CT molecular complexity index is 598. The average Bonchev–Trinajstić information content (AvgIpc) is 3.01. The summed E-state index contributed by atoms with van der Waals surface area (Å²) < 4.78 is 0. The van der Waals surface area contributed by atoms with Gasteiger partial charge in [0.2, 0.25) is 5.91 Å². The molecule has 1 aliphatic rings. The first-order valence-corrected chi connectivity index (χ1v) is 7.86. The van der Waals surface area contributed by atoms with E-state index in [1.807, 2.05) is 24.4 Å². The van der Waals surface area contributed by atoms with Crippen LogP contribution in [-0.4, -0.2) is 34.2 Å². The Morgan fingerprint density at radius 3 is 3.05 bits per heavy atom. The molecule has 1 fully saturated rings. The first-order valence-electron chi connectivity index (χ1n) is 6.98. The number of carbonyl (C=O) groups excluding carboxylic acids is 1. The van der Waals surface area contributed by atoms with E-state index in [4.69, 9.17) is 0 Å². The lowest BCUT2D eigenvalue weighted by molar-refractivity contribution is -0.120. The Hall–Kier alpha value is -2.02. The van der Waals surface area contributed by atoms with Crippen LogP contribution in [0.2, 0.25) is 0 Å². The van der Waals surface area contributed by atoms with Crippen molar-refractivity contribution in [2.45, 2.75) is 19.8 Å². The van der Waals surface area contributed by atoms with Crippen LogP contribution in [-0.2, 0) is 4.79 Å². The van der Waals surface area contributed by atoms with E-state index in [2.05, 4.69) is 25.4 Å². The summed E-state index contributed by atoms with van der Waals surface area (Å²) in [6, 6.07) is 3.91. The molecule has 1 atom stereocenters. The summed E-state index contributed by atoms with van der Waals surface area (Å²) in [6.07, 6.45) is 3.56. The lowest BCUT2D eigenvalue weighted by atomic mass is 9.97. The highest BCUT2D eigenvalue weighted by Crippen LogP contribution is 2.23. The molecule has 3 rings (SSSR count). The van der Waals surface area contributed by atoms with Crippen LogP contribution >= 0.6 is 11.3 Å². The van der Waals surface area contributed by atoms with E-state index in [9.17, 15) is 4.79 Å². The molecule has 0 radical (unpaired) electrons. The summed E-state index contributed by atoms with van der Waals surface area (Å²) in [6.45, 7) is 3.50. The van der Waals surface area contributed by atoms with E-state index < -0.39 is 0 Å². The number of aromatic nitrogens is 3. The third-order valence-electron chi connectivity index (χ3n) is 3.56. The van der Waals surface area contributed by atoms with Gasteiger partial charge in [0.25, 0.3) is 0 Å². The summed E-state index contributed by atoms with van der Waals surface area (Å²) in [5.74, 6) is 0.841. The summed E-state index contributed by atoms with van der Waals surface area (Å²) in [4.78, 5) is 18.5. The molecule has 6 nitrogen and oxygen atoms in total. The molecular weight excluding hydrogens is 286 g/mol. The first-order chi connectivity index (χ1) is 10.2. The summed E-state index contributed by atoms with van der Waals surface area (Å²) in [5.41, 5.74) is 0.897. The van der Waals surface area contributed by atoms with Gasteiger partial charge in [-0.3, -0.25) is 4.79 Å². The van der Waals surface area contributed by atoms with Crippen molar-refractivity contribution in [3.63, 3.8) is 0 Å². The number of nitrogens with one attached hydrogen (secondary N) is 1. The van der Waals surface area contributed by atoms with E-state index in [1.165, 1.54) is 11.3 Å². The van der Waals surface area contributed by atoms with E-state index in [1.54, 1.807) is 6.20 Å². The van der Waals surface area contributed by atoms with Crippen LogP contribution in [0.25, 0.3) is 0 Å². The Kier molecular flexibility index (Phi) is 4.10. The molecule has 0 aromatic carbocycles. The lowest BCUT2D eigenvalue weighted by Gasteiger charge is -2.32. The Morgan fingerprint density at radius 2 is 2.33 bits per heavy atom. The van der Waals surface area contributed by atoms with E-state index in [0.29, 0.717) is 11.7 Å². The Labute approximate surface area is 127 Å². The largest absolute Gasteiger partial charge is 0.354 e. The first kappa shape index (κ1) is 13.9. The van der Waals surface area contributed by atoms with Crippen LogP contribution in [0.15, 0.2) is 23.7 Å². The van der Waals surface area contributed by atoms with Crippen molar-refractivity contribution < 1.29 is 4.79 Å². The summed E-state index contributed by atoms with van der Waals surface area (Å²) in [7, 11) is 0. The van der Waals surface area contributed by atoms with Gasteiger partial charge in [0.05, 0.1) is 11.6 Å². The van der Waals surface area contributed by atoms with Gasteiger partial charge in [0, 0.05) is 24.7 Å². The Morgan fingerprint density at radius 1 is 1.43 bits per heavy atom. The number of nitrogens with zero attached hydrogens (tertiary/aromatic N) is 4. The number of anilines is 2. The minimum absolute atomic E-state index is 0.0363. The molecule has 1 unspecified atom stereocenters. The van der Waals surface area contributed by atoms with Gasteiger partial charge >= 0.3 is 0 Å². The highest BCUT2D eigenvalue weighted by molar-refractivity contribution is 7.13. The molecule has 0 spiro atoms. The molecule has 1 N–H and O–H groups in total. The van der Waals surface area contributed by atoms with Gasteiger partial charge < -0.3 is 10.2 Å². The maximum Gasteiger partial charge on any atom is 0.231 e. The van der Waals surface area contributed by atoms with Crippen molar-refractivity contribution in [1.29, 1.82) is 0 Å². The van der Waals surface area contributed by atoms with Crippen LogP contribution in [0.5, 0.6) is 0 Å². The van der Waals surface area contributed by atoms with Crippen molar-refractivity contribution in [3.8, 4) is 0 Å². The number of hydrogen-bond donors (Lipinski definition) is 1. The van der Waals surface area contributed by atoms with Gasteiger partial charge in [-0.05, 0) is 31.9 Å². The highest BCUT2D eigenvalue weighted by atomic mass is 32.1. The molecule has 0 aliphatic carbocycles. The second-order valence-corrected chi connectivity index (χ2v) is 6.04. The fourth-order valence-corrected chi connectivity index (χ4v) is 2.98. The fraction of sp³-hybridized carbons (Fsp3) is 0.429. The molecule has 0 saturated carbocycles. The van der Waals surface area contributed by atoms with Crippen molar-refractivity contribution in [1.82, 2.24) is 15.2 Å². The molecule has 0 bridgehead atoms. The third-order valence-corrected chi connectivity index (χ3v) is 4.25. The van der Waals surface area contributed by atoms with E-state index in [0.717, 1.165) is 30.9 Å². The van der Waals surface area contributed by atoms with Crippen molar-refractivity contribution in [3.05, 3.63) is 29.4 Å². The number of rotatable bonds is 3. The number of amides is 1. The maximum atomic E-state index is 12.3. The lowest BCUT2D eigenvalue weighted by Crippen LogP contribution is -2.41. The van der Waals surface area contributed by atoms with Crippen LogP contribution in [0, 0.1) is 12.8 Å². The molecule has 2 aromatic rings. The normalized spacial score (nSPS) is 18.5. The summed E-state index contributed by atoms with van der Waals surface area (Å²) >= 11 is 1.44. The minimum Gasteiger partial charge on any atom is -0.354 e. The molecule has 2 aromatic heterocycles. The molecule has 21 heavy (non-hydrogen) atoms. The van der Waals surface area contributed by atoms with E-state index >= 15 is 0 Å². The zero-order valence-electron chi connectivity index (χ0n) is 11.8. The standard InChI is InChI=1S/C14H17N5OS/c1-10-4-5-12(18-17-10)19-7-2-3-11(9-19)13(20)16-14-15-6-8-21-14/h4-6,8,11H,2-3,7,9H2,1H3,(H,15,16,20). The predicted octanol–water partition coefficient (Wildman–Crippen LogP) is 2.10. The third kappa shape index (κ3) is 3.36. The molecule has 1 saturated heterocycles. The van der Waals surface area contributed by atoms with Crippen LogP contribution in [0.4, 0.5) is 10.9 Å². The van der Waals surface area contributed by atoms with Crippen molar-refractivity contribution in [2.75, 3.05) is 23.3 Å². The van der Waals surface area contributed by atoms with Crippen LogP contribution in [0.1, 0.15) is 18.5 Å². The Balaban J connectivity index is 1.65. The molecule has 7 heteroatoms. The number of piperidine rings is 1.